The van der Waals surface area contributed by atoms with E-state index in [0.29, 0.717) is 12.2 Å². The second-order valence-corrected chi connectivity index (χ2v) is 12.1. The molecule has 0 saturated heterocycles. The Hall–Kier alpha value is -2.03. The Morgan fingerprint density at radius 3 is 2.54 bits per heavy atom. The summed E-state index contributed by atoms with van der Waals surface area (Å²) in [4.78, 5) is 11.9. The highest BCUT2D eigenvalue weighted by Gasteiger charge is 2.36. The Kier molecular flexibility index (Phi) is 5.22. The third-order valence-corrected chi connectivity index (χ3v) is 9.11. The van der Waals surface area contributed by atoms with E-state index in [4.69, 9.17) is 9.16 Å². The van der Waals surface area contributed by atoms with Crippen LogP contribution >= 0.6 is 0 Å². The molecule has 0 saturated carbocycles. The zero-order chi connectivity index (χ0) is 18.0. The van der Waals surface area contributed by atoms with Gasteiger partial charge in [-0.2, -0.15) is 0 Å². The highest BCUT2D eigenvalue weighted by Crippen LogP contribution is 2.36. The average Bonchev–Trinajstić information content (AvgIpc) is 2.89. The molecule has 5 heteroatoms. The average molecular weight is 343 g/mol. The lowest BCUT2D eigenvalue weighted by molar-refractivity contribution is 0.0603. The highest BCUT2D eigenvalue weighted by atomic mass is 28.4. The van der Waals surface area contributed by atoms with Crippen LogP contribution in [0.3, 0.4) is 0 Å². The summed E-state index contributed by atoms with van der Waals surface area (Å²) in [6.45, 7) is 11.4. The van der Waals surface area contributed by atoms with Gasteiger partial charge in [0.25, 0.3) is 0 Å². The van der Waals surface area contributed by atoms with Gasteiger partial charge in [0, 0.05) is 17.6 Å². The second-order valence-electron chi connectivity index (χ2n) is 7.26. The molecule has 24 heavy (non-hydrogen) atoms. The number of esters is 1. The number of hydrogen-bond donors (Lipinski definition) is 0. The van der Waals surface area contributed by atoms with Crippen molar-refractivity contribution in [2.45, 2.75) is 38.9 Å². The minimum atomic E-state index is -1.80. The van der Waals surface area contributed by atoms with Gasteiger partial charge in [0.2, 0.25) is 0 Å². The molecule has 0 spiro atoms. The van der Waals surface area contributed by atoms with Crippen LogP contribution in [-0.2, 0) is 9.16 Å². The van der Waals surface area contributed by atoms with Crippen LogP contribution in [-0.4, -0.2) is 32.6 Å². The van der Waals surface area contributed by atoms with Gasteiger partial charge in [-0.1, -0.05) is 44.9 Å². The smallest absolute Gasteiger partial charge is 0.340 e. The molecular formula is C19H25NO3Si. The number of ether oxygens (including phenoxy) is 1. The maximum Gasteiger partial charge on any atom is 0.340 e. The summed E-state index contributed by atoms with van der Waals surface area (Å²) in [6, 6.07) is 10.7. The molecule has 0 atom stereocenters. The highest BCUT2D eigenvalue weighted by molar-refractivity contribution is 6.74. The molecule has 0 bridgehead atoms. The minimum absolute atomic E-state index is 0.160. The Morgan fingerprint density at radius 2 is 1.92 bits per heavy atom. The Bertz CT molecular complexity index is 803. The molecule has 1 aromatic heterocycles. The molecule has 0 radical (unpaired) electrons. The Labute approximate surface area is 144 Å². The summed E-state index contributed by atoms with van der Waals surface area (Å²) in [5.41, 5.74) is 1.41. The van der Waals surface area contributed by atoms with E-state index in [0.717, 1.165) is 10.9 Å². The zero-order valence-corrected chi connectivity index (χ0v) is 16.3. The van der Waals surface area contributed by atoms with Crippen LogP contribution < -0.4 is 0 Å². The summed E-state index contributed by atoms with van der Waals surface area (Å²) in [7, 11) is -0.419. The van der Waals surface area contributed by atoms with Crippen LogP contribution in [0.5, 0.6) is 0 Å². The molecule has 0 aliphatic carbocycles. The molecule has 1 heterocycles. The first-order valence-electron chi connectivity index (χ1n) is 7.98. The van der Waals surface area contributed by atoms with Crippen LogP contribution in [0.2, 0.25) is 18.1 Å². The molecule has 0 fully saturated rings. The number of carbonyl (C=O) groups is 1. The molecule has 0 unspecified atom stereocenters. The van der Waals surface area contributed by atoms with Crippen LogP contribution in [0.15, 0.2) is 30.5 Å². The van der Waals surface area contributed by atoms with E-state index < -0.39 is 8.32 Å². The lowest BCUT2D eigenvalue weighted by atomic mass is 10.2. The molecule has 0 aliphatic heterocycles. The molecule has 1 aromatic carbocycles. The molecular weight excluding hydrogens is 318 g/mol. The van der Waals surface area contributed by atoms with E-state index in [2.05, 4.69) is 45.8 Å². The van der Waals surface area contributed by atoms with Crippen LogP contribution in [0.4, 0.5) is 0 Å². The van der Waals surface area contributed by atoms with E-state index in [1.54, 1.807) is 10.8 Å². The fourth-order valence-corrected chi connectivity index (χ4v) is 2.96. The number of methoxy groups -OCH3 is 1. The van der Waals surface area contributed by atoms with Crippen molar-refractivity contribution in [2.75, 3.05) is 13.7 Å². The standard InChI is InChI=1S/C19H25NO3Si/c1-19(2,3)24(5,6)23-13-9-12-20-14-16(18(21)22-4)15-10-7-8-11-17(15)20/h7-8,10-11,14H,13H2,1-6H3. The van der Waals surface area contributed by atoms with Gasteiger partial charge in [-0.15, -0.1) is 0 Å². The van der Waals surface area contributed by atoms with Gasteiger partial charge in [0.05, 0.1) is 24.8 Å². The number of carbonyl (C=O) groups excluding carboxylic acids is 1. The van der Waals surface area contributed by atoms with Crippen molar-refractivity contribution < 1.29 is 14.0 Å². The summed E-state index contributed by atoms with van der Waals surface area (Å²) in [5.74, 6) is 2.71. The predicted molar refractivity (Wildman–Crippen MR) is 99.6 cm³/mol. The molecule has 0 aliphatic rings. The number of rotatable bonds is 3. The fraction of sp³-hybridized carbons (Fsp3) is 0.421. The van der Waals surface area contributed by atoms with Crippen LogP contribution in [0.25, 0.3) is 10.9 Å². The number of aromatic nitrogens is 1. The number of para-hydroxylation sites is 1. The monoisotopic (exact) mass is 343 g/mol. The normalized spacial score (nSPS) is 11.9. The third-order valence-electron chi connectivity index (χ3n) is 4.63. The van der Waals surface area contributed by atoms with Gasteiger partial charge < -0.3 is 9.16 Å². The molecule has 2 aromatic rings. The summed E-state index contributed by atoms with van der Waals surface area (Å²) in [6.07, 6.45) is 1.72. The maximum atomic E-state index is 11.9. The Morgan fingerprint density at radius 1 is 1.25 bits per heavy atom. The second kappa shape index (κ2) is 6.84. The number of fused-ring (bicyclic) bond motifs is 1. The van der Waals surface area contributed by atoms with E-state index in [1.807, 2.05) is 24.3 Å². The lowest BCUT2D eigenvalue weighted by Crippen LogP contribution is -2.40. The molecule has 0 N–H and O–H groups in total. The van der Waals surface area contributed by atoms with Crippen molar-refractivity contribution in [1.82, 2.24) is 4.57 Å². The van der Waals surface area contributed by atoms with Crippen molar-refractivity contribution in [3.8, 4) is 12.0 Å². The summed E-state index contributed by atoms with van der Waals surface area (Å²) < 4.78 is 12.7. The van der Waals surface area contributed by atoms with E-state index >= 15 is 0 Å². The van der Waals surface area contributed by atoms with Crippen molar-refractivity contribution in [3.05, 3.63) is 36.0 Å². The summed E-state index contributed by atoms with van der Waals surface area (Å²) >= 11 is 0. The molecule has 128 valence electrons. The van der Waals surface area contributed by atoms with Gasteiger partial charge in [-0.05, 0) is 24.2 Å². The predicted octanol–water partition coefficient (Wildman–Crippen LogP) is 4.26. The SMILES string of the molecule is COC(=O)c1cn(C#CCO[Si](C)(C)C(C)(C)C)c2ccccc12. The largest absolute Gasteiger partial charge is 0.465 e. The van der Waals surface area contributed by atoms with E-state index in [9.17, 15) is 4.79 Å². The zero-order valence-electron chi connectivity index (χ0n) is 15.3. The summed E-state index contributed by atoms with van der Waals surface area (Å²) in [5, 5.41) is 0.997. The Balaban J connectivity index is 2.25. The fourth-order valence-electron chi connectivity index (χ4n) is 2.10. The third kappa shape index (κ3) is 3.72. The van der Waals surface area contributed by atoms with Gasteiger partial charge in [-0.25, -0.2) is 4.79 Å². The minimum Gasteiger partial charge on any atom is -0.465 e. The molecule has 2 rings (SSSR count). The number of nitrogens with zero attached hydrogens (tertiary/aromatic N) is 1. The van der Waals surface area contributed by atoms with Gasteiger partial charge in [0.15, 0.2) is 8.32 Å². The van der Waals surface area contributed by atoms with Crippen molar-refractivity contribution in [1.29, 1.82) is 0 Å². The van der Waals surface area contributed by atoms with E-state index in [-0.39, 0.29) is 11.0 Å². The van der Waals surface area contributed by atoms with Crippen LogP contribution in [0, 0.1) is 12.0 Å². The first kappa shape index (κ1) is 18.3. The number of hydrogen-bond acceptors (Lipinski definition) is 3. The topological polar surface area (TPSA) is 40.5 Å². The van der Waals surface area contributed by atoms with Gasteiger partial charge in [-0.3, -0.25) is 4.57 Å². The van der Waals surface area contributed by atoms with Crippen molar-refractivity contribution >= 4 is 25.2 Å². The first-order chi connectivity index (χ1) is 11.2. The maximum absolute atomic E-state index is 11.9. The van der Waals surface area contributed by atoms with Gasteiger partial charge >= 0.3 is 5.97 Å². The van der Waals surface area contributed by atoms with Gasteiger partial charge in [0.1, 0.15) is 0 Å². The first-order valence-corrected chi connectivity index (χ1v) is 10.9. The van der Waals surface area contributed by atoms with E-state index in [1.165, 1.54) is 7.11 Å². The number of benzene rings is 1. The molecule has 0 amide bonds. The van der Waals surface area contributed by atoms with Crippen LogP contribution in [0.1, 0.15) is 31.1 Å². The van der Waals surface area contributed by atoms with Crippen molar-refractivity contribution in [2.24, 2.45) is 0 Å². The van der Waals surface area contributed by atoms with Crippen molar-refractivity contribution in [3.63, 3.8) is 0 Å². The lowest BCUT2D eigenvalue weighted by Gasteiger charge is -2.35. The molecule has 4 nitrogen and oxygen atoms in total. The quantitative estimate of drug-likeness (QED) is 0.475.